The predicted octanol–water partition coefficient (Wildman–Crippen LogP) is 2.26. The minimum atomic E-state index is 0.0985. The van der Waals surface area contributed by atoms with E-state index in [1.54, 1.807) is 4.68 Å². The average Bonchev–Trinajstić information content (AvgIpc) is 2.86. The first-order chi connectivity index (χ1) is 10.2. The van der Waals surface area contributed by atoms with Crippen molar-refractivity contribution in [1.29, 1.82) is 0 Å². The second-order valence-corrected chi connectivity index (χ2v) is 5.79. The molecule has 0 radical (unpaired) electrons. The van der Waals surface area contributed by atoms with Gasteiger partial charge in [0.15, 0.2) is 0 Å². The molecule has 2 heterocycles. The third kappa shape index (κ3) is 4.06. The van der Waals surface area contributed by atoms with Crippen LogP contribution in [0.5, 0.6) is 0 Å². The van der Waals surface area contributed by atoms with E-state index in [-0.39, 0.29) is 5.91 Å². The summed E-state index contributed by atoms with van der Waals surface area (Å²) in [4.78, 5) is 14.7. The van der Waals surface area contributed by atoms with Crippen LogP contribution in [0, 0.1) is 5.92 Å². The topological polar surface area (TPSA) is 47.4 Å². The van der Waals surface area contributed by atoms with Crippen molar-refractivity contribution in [3.63, 3.8) is 0 Å². The molecular formula is C16H27N3O2. The molecule has 1 aliphatic rings. The third-order valence-corrected chi connectivity index (χ3v) is 4.14. The maximum Gasteiger partial charge on any atom is 0.272 e. The molecule has 1 fully saturated rings. The molecule has 118 valence electrons. The number of carbonyl (C=O) groups excluding carboxylic acids is 1. The number of hydrogen-bond acceptors (Lipinski definition) is 3. The number of carbonyl (C=O) groups is 1. The van der Waals surface area contributed by atoms with Crippen molar-refractivity contribution in [2.45, 2.75) is 39.5 Å². The largest absolute Gasteiger partial charge is 0.381 e. The van der Waals surface area contributed by atoms with E-state index < -0.39 is 0 Å². The van der Waals surface area contributed by atoms with Gasteiger partial charge in [0, 0.05) is 33.4 Å². The molecule has 0 saturated carbocycles. The first kappa shape index (κ1) is 16.0. The quantitative estimate of drug-likeness (QED) is 0.808. The summed E-state index contributed by atoms with van der Waals surface area (Å²) >= 11 is 0. The van der Waals surface area contributed by atoms with E-state index in [4.69, 9.17) is 4.74 Å². The van der Waals surface area contributed by atoms with Crippen LogP contribution in [-0.2, 0) is 18.2 Å². The Morgan fingerprint density at radius 1 is 1.43 bits per heavy atom. The summed E-state index contributed by atoms with van der Waals surface area (Å²) in [6.45, 7) is 7.38. The van der Waals surface area contributed by atoms with Crippen molar-refractivity contribution in [3.8, 4) is 0 Å². The van der Waals surface area contributed by atoms with Crippen LogP contribution in [0.3, 0.4) is 0 Å². The first-order valence-electron chi connectivity index (χ1n) is 8.05. The first-order valence-corrected chi connectivity index (χ1v) is 8.05. The Bertz CT molecular complexity index is 464. The average molecular weight is 293 g/mol. The molecule has 0 aliphatic carbocycles. The highest BCUT2D eigenvalue weighted by Gasteiger charge is 2.23. The summed E-state index contributed by atoms with van der Waals surface area (Å²) in [5.74, 6) is 0.660. The van der Waals surface area contributed by atoms with Gasteiger partial charge in [-0.25, -0.2) is 0 Å². The molecule has 0 bridgehead atoms. The van der Waals surface area contributed by atoms with Gasteiger partial charge in [-0.15, -0.1) is 0 Å². The highest BCUT2D eigenvalue weighted by molar-refractivity contribution is 5.92. The molecule has 5 nitrogen and oxygen atoms in total. The van der Waals surface area contributed by atoms with Crippen LogP contribution >= 0.6 is 0 Å². The second-order valence-electron chi connectivity index (χ2n) is 5.79. The van der Waals surface area contributed by atoms with Crippen LogP contribution < -0.4 is 0 Å². The fourth-order valence-corrected chi connectivity index (χ4v) is 2.86. The fourth-order valence-electron chi connectivity index (χ4n) is 2.86. The minimum absolute atomic E-state index is 0.0985. The Kier molecular flexibility index (Phi) is 5.79. The molecule has 0 atom stereocenters. The van der Waals surface area contributed by atoms with Gasteiger partial charge in [0.2, 0.25) is 0 Å². The summed E-state index contributed by atoms with van der Waals surface area (Å²) in [6.07, 6.45) is 4.07. The van der Waals surface area contributed by atoms with E-state index in [9.17, 15) is 4.79 Å². The third-order valence-electron chi connectivity index (χ3n) is 4.14. The number of aryl methyl sites for hydroxylation is 2. The fraction of sp³-hybridized carbons (Fsp3) is 0.750. The number of aromatic nitrogens is 2. The van der Waals surface area contributed by atoms with Gasteiger partial charge in [-0.2, -0.15) is 5.10 Å². The summed E-state index contributed by atoms with van der Waals surface area (Å²) in [6, 6.07) is 1.94. The summed E-state index contributed by atoms with van der Waals surface area (Å²) in [5.41, 5.74) is 1.71. The molecule has 1 saturated heterocycles. The molecule has 1 amide bonds. The molecule has 0 spiro atoms. The zero-order chi connectivity index (χ0) is 15.2. The van der Waals surface area contributed by atoms with E-state index in [1.807, 2.05) is 24.9 Å². The van der Waals surface area contributed by atoms with Gasteiger partial charge < -0.3 is 9.64 Å². The lowest BCUT2D eigenvalue weighted by molar-refractivity contribution is 0.0462. The van der Waals surface area contributed by atoms with Crippen LogP contribution in [0.15, 0.2) is 6.07 Å². The van der Waals surface area contributed by atoms with Crippen LogP contribution in [0.4, 0.5) is 0 Å². The number of ether oxygens (including phenoxy) is 1. The molecule has 0 aromatic carbocycles. The highest BCUT2D eigenvalue weighted by Crippen LogP contribution is 2.18. The maximum absolute atomic E-state index is 12.7. The Morgan fingerprint density at radius 2 is 2.14 bits per heavy atom. The monoisotopic (exact) mass is 293 g/mol. The van der Waals surface area contributed by atoms with Crippen molar-refractivity contribution in [3.05, 3.63) is 17.5 Å². The van der Waals surface area contributed by atoms with E-state index >= 15 is 0 Å². The van der Waals surface area contributed by atoms with E-state index in [0.717, 1.165) is 57.7 Å². The Balaban J connectivity index is 2.04. The van der Waals surface area contributed by atoms with Crippen LogP contribution in [-0.4, -0.2) is 46.9 Å². The standard InChI is InChI=1S/C16H27N3O2/c1-4-6-14-11-15(18(3)17-14)16(20)19(5-2)12-13-7-9-21-10-8-13/h11,13H,4-10,12H2,1-3H3. The molecule has 21 heavy (non-hydrogen) atoms. The van der Waals surface area contributed by atoms with Crippen molar-refractivity contribution < 1.29 is 9.53 Å². The molecular weight excluding hydrogens is 266 g/mol. The van der Waals surface area contributed by atoms with E-state index in [1.165, 1.54) is 0 Å². The van der Waals surface area contributed by atoms with E-state index in [0.29, 0.717) is 11.6 Å². The van der Waals surface area contributed by atoms with Gasteiger partial charge in [-0.3, -0.25) is 9.48 Å². The maximum atomic E-state index is 12.7. The van der Waals surface area contributed by atoms with Crippen LogP contribution in [0.1, 0.15) is 49.3 Å². The predicted molar refractivity (Wildman–Crippen MR) is 82.3 cm³/mol. The number of rotatable bonds is 6. The minimum Gasteiger partial charge on any atom is -0.381 e. The number of amides is 1. The van der Waals surface area contributed by atoms with Gasteiger partial charge >= 0.3 is 0 Å². The molecule has 0 N–H and O–H groups in total. The molecule has 1 aliphatic heterocycles. The van der Waals surface area contributed by atoms with Gasteiger partial charge in [0.25, 0.3) is 5.91 Å². The Labute approximate surface area is 127 Å². The van der Waals surface area contributed by atoms with E-state index in [2.05, 4.69) is 12.0 Å². The molecule has 1 aromatic heterocycles. The van der Waals surface area contributed by atoms with Gasteiger partial charge in [0.1, 0.15) is 5.69 Å². The number of nitrogens with zero attached hydrogens (tertiary/aromatic N) is 3. The van der Waals surface area contributed by atoms with Gasteiger partial charge in [-0.1, -0.05) is 13.3 Å². The Morgan fingerprint density at radius 3 is 2.76 bits per heavy atom. The van der Waals surface area contributed by atoms with Gasteiger partial charge in [0.05, 0.1) is 5.69 Å². The summed E-state index contributed by atoms with van der Waals surface area (Å²) < 4.78 is 7.11. The molecule has 2 rings (SSSR count). The molecule has 5 heteroatoms. The van der Waals surface area contributed by atoms with Crippen molar-refractivity contribution in [2.24, 2.45) is 13.0 Å². The SMILES string of the molecule is CCCc1cc(C(=O)N(CC)CC2CCOCC2)n(C)n1. The normalized spacial score (nSPS) is 16.1. The lowest BCUT2D eigenvalue weighted by Gasteiger charge is -2.29. The van der Waals surface area contributed by atoms with Gasteiger partial charge in [-0.05, 0) is 38.2 Å². The second kappa shape index (κ2) is 7.59. The highest BCUT2D eigenvalue weighted by atomic mass is 16.5. The zero-order valence-corrected chi connectivity index (χ0v) is 13.5. The molecule has 0 unspecified atom stereocenters. The van der Waals surface area contributed by atoms with Crippen molar-refractivity contribution in [1.82, 2.24) is 14.7 Å². The van der Waals surface area contributed by atoms with Crippen molar-refractivity contribution in [2.75, 3.05) is 26.3 Å². The smallest absolute Gasteiger partial charge is 0.272 e. The lowest BCUT2D eigenvalue weighted by atomic mass is 9.99. The summed E-state index contributed by atoms with van der Waals surface area (Å²) in [5, 5.41) is 4.43. The van der Waals surface area contributed by atoms with Crippen molar-refractivity contribution >= 4 is 5.91 Å². The lowest BCUT2D eigenvalue weighted by Crippen LogP contribution is -2.37. The van der Waals surface area contributed by atoms with Crippen LogP contribution in [0.25, 0.3) is 0 Å². The van der Waals surface area contributed by atoms with Crippen LogP contribution in [0.2, 0.25) is 0 Å². The Hall–Kier alpha value is -1.36. The zero-order valence-electron chi connectivity index (χ0n) is 13.5. The number of hydrogen-bond donors (Lipinski definition) is 0. The summed E-state index contributed by atoms with van der Waals surface area (Å²) in [7, 11) is 1.86. The molecule has 1 aromatic rings.